The van der Waals surface area contributed by atoms with E-state index >= 15 is 0 Å². The molecule has 0 aliphatic carbocycles. The molecule has 0 aliphatic heterocycles. The van der Waals surface area contributed by atoms with E-state index in [0.29, 0.717) is 6.42 Å². The van der Waals surface area contributed by atoms with Crippen LogP contribution < -0.4 is 0 Å². The van der Waals surface area contributed by atoms with Gasteiger partial charge in [-0.25, -0.2) is 0 Å². The smallest absolute Gasteiger partial charge is 0.294 e. The number of halogens is 4. The summed E-state index contributed by atoms with van der Waals surface area (Å²) in [6, 6.07) is 4.92. The van der Waals surface area contributed by atoms with E-state index in [2.05, 4.69) is 15.9 Å². The number of hydrogen-bond acceptors (Lipinski definition) is 1. The van der Waals surface area contributed by atoms with E-state index in [9.17, 15) is 18.0 Å². The Morgan fingerprint density at radius 2 is 1.82 bits per heavy atom. The summed E-state index contributed by atoms with van der Waals surface area (Å²) in [7, 11) is 0. The van der Waals surface area contributed by atoms with Crippen LogP contribution in [0.3, 0.4) is 0 Å². The lowest BCUT2D eigenvalue weighted by molar-refractivity contribution is -0.137. The molecule has 1 rings (SSSR count). The van der Waals surface area contributed by atoms with Crippen molar-refractivity contribution in [2.75, 3.05) is 5.33 Å². The molecule has 0 amide bonds. The number of unbranched alkanes of at least 4 members (excludes halogenated alkanes) is 1. The van der Waals surface area contributed by atoms with Gasteiger partial charge in [-0.05, 0) is 18.9 Å². The van der Waals surface area contributed by atoms with Crippen LogP contribution in [0, 0.1) is 0 Å². The Kier molecular flexibility index (Phi) is 5.18. The lowest BCUT2D eigenvalue weighted by atomic mass is 10.00. The van der Waals surface area contributed by atoms with Crippen LogP contribution in [0.1, 0.15) is 35.2 Å². The highest BCUT2D eigenvalue weighted by Gasteiger charge is 2.34. The number of hydrogen-bond donors (Lipinski definition) is 0. The van der Waals surface area contributed by atoms with Gasteiger partial charge in [0, 0.05) is 17.3 Å². The molecule has 0 atom stereocenters. The standard InChI is InChI=1S/C12H12BrF3O/c13-8-4-3-7-11(17)9-5-1-2-6-10(9)12(14,15)16/h1-2,5-6H,3-4,7-8H2. The number of Topliss-reactive ketones (excluding diaryl/α,β-unsaturated/α-hetero) is 1. The minimum Gasteiger partial charge on any atom is -0.294 e. The van der Waals surface area contributed by atoms with Crippen molar-refractivity contribution in [3.05, 3.63) is 35.4 Å². The minimum absolute atomic E-state index is 0.151. The molecule has 0 saturated carbocycles. The molecule has 0 aromatic heterocycles. The highest BCUT2D eigenvalue weighted by Crippen LogP contribution is 2.32. The summed E-state index contributed by atoms with van der Waals surface area (Å²) in [4.78, 5) is 11.7. The molecule has 0 fully saturated rings. The van der Waals surface area contributed by atoms with E-state index in [-0.39, 0.29) is 12.0 Å². The molecular weight excluding hydrogens is 297 g/mol. The molecular formula is C12H12BrF3O. The van der Waals surface area contributed by atoms with Crippen molar-refractivity contribution >= 4 is 21.7 Å². The number of ketones is 1. The fourth-order valence-electron chi connectivity index (χ4n) is 1.49. The second-order valence-corrected chi connectivity index (χ2v) is 4.41. The Morgan fingerprint density at radius 1 is 1.18 bits per heavy atom. The molecule has 94 valence electrons. The molecule has 1 aromatic carbocycles. The lowest BCUT2D eigenvalue weighted by Gasteiger charge is -2.11. The van der Waals surface area contributed by atoms with Gasteiger partial charge in [0.05, 0.1) is 5.56 Å². The molecule has 0 bridgehead atoms. The van der Waals surface area contributed by atoms with E-state index in [1.165, 1.54) is 18.2 Å². The van der Waals surface area contributed by atoms with Crippen molar-refractivity contribution in [2.24, 2.45) is 0 Å². The van der Waals surface area contributed by atoms with Crippen molar-refractivity contribution in [3.63, 3.8) is 0 Å². The summed E-state index contributed by atoms with van der Waals surface area (Å²) in [5.74, 6) is -0.445. The largest absolute Gasteiger partial charge is 0.417 e. The number of carbonyl (C=O) groups is 1. The summed E-state index contributed by atoms with van der Waals surface area (Å²) in [6.45, 7) is 0. The van der Waals surface area contributed by atoms with E-state index in [0.717, 1.165) is 17.8 Å². The van der Waals surface area contributed by atoms with Crippen LogP contribution in [-0.4, -0.2) is 11.1 Å². The predicted octanol–water partition coefficient (Wildman–Crippen LogP) is 4.45. The van der Waals surface area contributed by atoms with Gasteiger partial charge < -0.3 is 0 Å². The van der Waals surface area contributed by atoms with Crippen LogP contribution in [-0.2, 0) is 6.18 Å². The molecule has 0 heterocycles. The summed E-state index contributed by atoms with van der Waals surface area (Å²) in [5.41, 5.74) is -1.07. The topological polar surface area (TPSA) is 17.1 Å². The Labute approximate surface area is 106 Å². The van der Waals surface area contributed by atoms with Gasteiger partial charge in [0.25, 0.3) is 0 Å². The second-order valence-electron chi connectivity index (χ2n) is 3.61. The van der Waals surface area contributed by atoms with Gasteiger partial charge in [-0.2, -0.15) is 13.2 Å². The summed E-state index contributed by atoms with van der Waals surface area (Å²) in [5, 5.41) is 0.751. The van der Waals surface area contributed by atoms with Crippen LogP contribution in [0.15, 0.2) is 24.3 Å². The normalized spacial score (nSPS) is 11.5. The Bertz CT molecular complexity index is 388. The molecule has 0 aliphatic rings. The van der Waals surface area contributed by atoms with Gasteiger partial charge in [-0.15, -0.1) is 0 Å². The molecule has 5 heteroatoms. The first kappa shape index (κ1) is 14.2. The minimum atomic E-state index is -4.47. The quantitative estimate of drug-likeness (QED) is 0.446. The van der Waals surface area contributed by atoms with Gasteiger partial charge in [0.2, 0.25) is 0 Å². The maximum Gasteiger partial charge on any atom is 0.417 e. The van der Waals surface area contributed by atoms with Crippen molar-refractivity contribution in [1.82, 2.24) is 0 Å². The SMILES string of the molecule is O=C(CCCCBr)c1ccccc1C(F)(F)F. The van der Waals surface area contributed by atoms with Crippen molar-refractivity contribution in [2.45, 2.75) is 25.4 Å². The van der Waals surface area contributed by atoms with E-state index in [1.807, 2.05) is 0 Å². The van der Waals surface area contributed by atoms with Crippen LogP contribution in [0.2, 0.25) is 0 Å². The van der Waals surface area contributed by atoms with Gasteiger partial charge in [0.1, 0.15) is 0 Å². The molecule has 0 saturated heterocycles. The number of carbonyl (C=O) groups excluding carboxylic acids is 1. The second kappa shape index (κ2) is 6.19. The van der Waals surface area contributed by atoms with Gasteiger partial charge in [-0.1, -0.05) is 34.1 Å². The molecule has 0 unspecified atom stereocenters. The van der Waals surface area contributed by atoms with Crippen LogP contribution in [0.25, 0.3) is 0 Å². The fourth-order valence-corrected chi connectivity index (χ4v) is 1.88. The number of benzene rings is 1. The number of rotatable bonds is 5. The van der Waals surface area contributed by atoms with Gasteiger partial charge in [0.15, 0.2) is 5.78 Å². The van der Waals surface area contributed by atoms with Gasteiger partial charge in [-0.3, -0.25) is 4.79 Å². The maximum absolute atomic E-state index is 12.6. The van der Waals surface area contributed by atoms with Crippen molar-refractivity contribution in [1.29, 1.82) is 0 Å². The predicted molar refractivity (Wildman–Crippen MR) is 63.4 cm³/mol. The molecule has 0 N–H and O–H groups in total. The number of alkyl halides is 4. The molecule has 17 heavy (non-hydrogen) atoms. The first-order valence-electron chi connectivity index (χ1n) is 5.22. The zero-order chi connectivity index (χ0) is 12.9. The average Bonchev–Trinajstić information content (AvgIpc) is 2.28. The van der Waals surface area contributed by atoms with Crippen LogP contribution in [0.5, 0.6) is 0 Å². The summed E-state index contributed by atoms with van der Waals surface area (Å²) >= 11 is 3.21. The monoisotopic (exact) mass is 308 g/mol. The zero-order valence-corrected chi connectivity index (χ0v) is 10.6. The Balaban J connectivity index is 2.86. The highest BCUT2D eigenvalue weighted by atomic mass is 79.9. The fraction of sp³-hybridized carbons (Fsp3) is 0.417. The Hall–Kier alpha value is -0.840. The summed E-state index contributed by atoms with van der Waals surface area (Å²) < 4.78 is 37.9. The van der Waals surface area contributed by atoms with Crippen molar-refractivity contribution in [3.8, 4) is 0 Å². The van der Waals surface area contributed by atoms with E-state index in [1.54, 1.807) is 0 Å². The zero-order valence-electron chi connectivity index (χ0n) is 9.06. The first-order chi connectivity index (χ1) is 7.96. The average molecular weight is 309 g/mol. The Morgan fingerprint density at radius 3 is 2.41 bits per heavy atom. The van der Waals surface area contributed by atoms with Crippen molar-refractivity contribution < 1.29 is 18.0 Å². The third-order valence-electron chi connectivity index (χ3n) is 2.32. The summed E-state index contributed by atoms with van der Waals surface area (Å²) in [6.07, 6.45) is -2.95. The molecule has 1 aromatic rings. The molecule has 1 nitrogen and oxygen atoms in total. The first-order valence-corrected chi connectivity index (χ1v) is 6.34. The van der Waals surface area contributed by atoms with Gasteiger partial charge >= 0.3 is 6.18 Å². The highest BCUT2D eigenvalue weighted by molar-refractivity contribution is 9.09. The third kappa shape index (κ3) is 4.15. The molecule has 0 radical (unpaired) electrons. The maximum atomic E-state index is 12.6. The van der Waals surface area contributed by atoms with Crippen LogP contribution >= 0.6 is 15.9 Å². The van der Waals surface area contributed by atoms with E-state index < -0.39 is 17.5 Å². The molecule has 0 spiro atoms. The lowest BCUT2D eigenvalue weighted by Crippen LogP contribution is -2.12. The third-order valence-corrected chi connectivity index (χ3v) is 2.88. The van der Waals surface area contributed by atoms with E-state index in [4.69, 9.17) is 0 Å². The van der Waals surface area contributed by atoms with Crippen LogP contribution in [0.4, 0.5) is 13.2 Å².